The van der Waals surface area contributed by atoms with E-state index in [1.807, 2.05) is 24.3 Å². The number of aliphatic hydroxyl groups excluding tert-OH is 1. The maximum atomic E-state index is 9.92. The van der Waals surface area contributed by atoms with E-state index in [1.165, 1.54) is 6.42 Å². The largest absolute Gasteiger partial charge is 0.389 e. The zero-order valence-corrected chi connectivity index (χ0v) is 14.1. The van der Waals surface area contributed by atoms with Gasteiger partial charge < -0.3 is 15.2 Å². The van der Waals surface area contributed by atoms with Gasteiger partial charge in [0.15, 0.2) is 0 Å². The zero-order valence-electron chi connectivity index (χ0n) is 13.3. The smallest absolute Gasteiger partial charge is 0.0897 e. The Labute approximate surface area is 133 Å². The Hall–Kier alpha value is -0.610. The number of rotatable bonds is 10. The fraction of sp³-hybridized carbons (Fsp3) is 0.647. The summed E-state index contributed by atoms with van der Waals surface area (Å²) in [6, 6.07) is 8.01. The number of ether oxygens (including phenoxy) is 1. The summed E-state index contributed by atoms with van der Waals surface area (Å²) in [5.41, 5.74) is 0.949. The summed E-state index contributed by atoms with van der Waals surface area (Å²) < 4.78 is 5.52. The lowest BCUT2D eigenvalue weighted by atomic mass is 10.0. The fourth-order valence-corrected chi connectivity index (χ4v) is 2.36. The fourth-order valence-electron chi connectivity index (χ4n) is 2.17. The van der Waals surface area contributed by atoms with Crippen molar-refractivity contribution in [1.82, 2.24) is 5.32 Å². The molecule has 1 rings (SSSR count). The highest BCUT2D eigenvalue weighted by molar-refractivity contribution is 6.31. The second kappa shape index (κ2) is 10.2. The Morgan fingerprint density at radius 3 is 2.67 bits per heavy atom. The third-order valence-electron chi connectivity index (χ3n) is 3.68. The number of hydrogen-bond acceptors (Lipinski definition) is 3. The van der Waals surface area contributed by atoms with Crippen molar-refractivity contribution in [2.45, 2.75) is 52.4 Å². The summed E-state index contributed by atoms with van der Waals surface area (Å²) in [6.07, 6.45) is 1.83. The van der Waals surface area contributed by atoms with Crippen LogP contribution in [-0.2, 0) is 11.3 Å². The monoisotopic (exact) mass is 313 g/mol. The molecule has 0 aliphatic carbocycles. The van der Waals surface area contributed by atoms with Gasteiger partial charge in [0.2, 0.25) is 0 Å². The molecule has 2 N–H and O–H groups in total. The van der Waals surface area contributed by atoms with Crippen LogP contribution in [0.5, 0.6) is 0 Å². The molecule has 0 aromatic heterocycles. The van der Waals surface area contributed by atoms with Gasteiger partial charge in [0.25, 0.3) is 0 Å². The van der Waals surface area contributed by atoms with Crippen molar-refractivity contribution in [2.24, 2.45) is 5.92 Å². The number of hydrogen-bond donors (Lipinski definition) is 2. The van der Waals surface area contributed by atoms with Crippen LogP contribution in [0.4, 0.5) is 0 Å². The Bertz CT molecular complexity index is 400. The lowest BCUT2D eigenvalue weighted by molar-refractivity contribution is 0.0275. The summed E-state index contributed by atoms with van der Waals surface area (Å²) in [5, 5.41) is 14.0. The van der Waals surface area contributed by atoms with Gasteiger partial charge in [0, 0.05) is 17.6 Å². The first kappa shape index (κ1) is 18.4. The maximum absolute atomic E-state index is 9.92. The molecule has 3 unspecified atom stereocenters. The Kier molecular flexibility index (Phi) is 8.93. The highest BCUT2D eigenvalue weighted by Gasteiger charge is 2.10. The predicted octanol–water partition coefficient (Wildman–Crippen LogP) is 3.63. The van der Waals surface area contributed by atoms with E-state index in [1.54, 1.807) is 0 Å². The molecule has 1 aromatic rings. The molecule has 0 aliphatic heterocycles. The summed E-state index contributed by atoms with van der Waals surface area (Å²) in [7, 11) is 0. The molecule has 0 radical (unpaired) electrons. The first-order valence-corrected chi connectivity index (χ1v) is 8.13. The van der Waals surface area contributed by atoms with Gasteiger partial charge in [-0.3, -0.25) is 0 Å². The van der Waals surface area contributed by atoms with Crippen molar-refractivity contribution < 1.29 is 9.84 Å². The molecule has 0 aliphatic rings. The van der Waals surface area contributed by atoms with E-state index in [9.17, 15) is 5.11 Å². The molecule has 3 nitrogen and oxygen atoms in total. The van der Waals surface area contributed by atoms with E-state index in [-0.39, 0.29) is 0 Å². The van der Waals surface area contributed by atoms with Crippen LogP contribution in [-0.4, -0.2) is 30.4 Å². The van der Waals surface area contributed by atoms with E-state index in [0.29, 0.717) is 36.7 Å². The lowest BCUT2D eigenvalue weighted by Gasteiger charge is -2.19. The van der Waals surface area contributed by atoms with Crippen molar-refractivity contribution in [3.8, 4) is 0 Å². The minimum Gasteiger partial charge on any atom is -0.389 e. The van der Waals surface area contributed by atoms with Gasteiger partial charge in [0.1, 0.15) is 0 Å². The predicted molar refractivity (Wildman–Crippen MR) is 88.7 cm³/mol. The highest BCUT2D eigenvalue weighted by atomic mass is 35.5. The molecule has 0 saturated carbocycles. The maximum Gasteiger partial charge on any atom is 0.0897 e. The standard InChI is InChI=1S/C17H28ClNO2/c1-4-13(2)9-14(3)19-10-16(20)12-21-11-15-7-5-6-8-17(15)18/h5-8,13-14,16,19-20H,4,9-12H2,1-3H3. The number of halogens is 1. The van der Waals surface area contributed by atoms with E-state index in [4.69, 9.17) is 16.3 Å². The minimum absolute atomic E-state index is 0.314. The van der Waals surface area contributed by atoms with Crippen LogP contribution in [0.1, 0.15) is 39.2 Å². The van der Waals surface area contributed by atoms with Gasteiger partial charge in [-0.05, 0) is 30.9 Å². The minimum atomic E-state index is -0.494. The highest BCUT2D eigenvalue weighted by Crippen LogP contribution is 2.15. The molecule has 0 fully saturated rings. The molecular formula is C17H28ClNO2. The van der Waals surface area contributed by atoms with E-state index in [2.05, 4.69) is 26.1 Å². The molecule has 0 spiro atoms. The van der Waals surface area contributed by atoms with E-state index < -0.39 is 6.10 Å². The summed E-state index contributed by atoms with van der Waals surface area (Å²) in [4.78, 5) is 0. The third kappa shape index (κ3) is 7.82. The molecule has 0 bridgehead atoms. The van der Waals surface area contributed by atoms with Crippen LogP contribution < -0.4 is 5.32 Å². The van der Waals surface area contributed by atoms with Crippen molar-refractivity contribution in [1.29, 1.82) is 0 Å². The second-order valence-electron chi connectivity index (χ2n) is 5.82. The second-order valence-corrected chi connectivity index (χ2v) is 6.23. The van der Waals surface area contributed by atoms with Crippen LogP contribution in [0.3, 0.4) is 0 Å². The van der Waals surface area contributed by atoms with Crippen molar-refractivity contribution >= 4 is 11.6 Å². The first-order chi connectivity index (χ1) is 10.0. The number of aliphatic hydroxyl groups is 1. The van der Waals surface area contributed by atoms with Gasteiger partial charge >= 0.3 is 0 Å². The molecule has 3 atom stereocenters. The summed E-state index contributed by atoms with van der Waals surface area (Å²) in [5.74, 6) is 0.709. The van der Waals surface area contributed by atoms with Gasteiger partial charge in [-0.1, -0.05) is 50.1 Å². The van der Waals surface area contributed by atoms with Crippen LogP contribution in [0.25, 0.3) is 0 Å². The molecule has 21 heavy (non-hydrogen) atoms. The topological polar surface area (TPSA) is 41.5 Å². The molecule has 0 heterocycles. The van der Waals surface area contributed by atoms with Crippen molar-refractivity contribution in [3.05, 3.63) is 34.9 Å². The Morgan fingerprint density at radius 1 is 1.29 bits per heavy atom. The average molecular weight is 314 g/mol. The number of benzene rings is 1. The van der Waals surface area contributed by atoms with Gasteiger partial charge in [-0.15, -0.1) is 0 Å². The van der Waals surface area contributed by atoms with Crippen LogP contribution in [0.15, 0.2) is 24.3 Å². The molecular weight excluding hydrogens is 286 g/mol. The van der Waals surface area contributed by atoms with Gasteiger partial charge in [-0.2, -0.15) is 0 Å². The number of nitrogens with one attached hydrogen (secondary N) is 1. The molecule has 0 saturated heterocycles. The third-order valence-corrected chi connectivity index (χ3v) is 4.05. The molecule has 120 valence electrons. The van der Waals surface area contributed by atoms with Crippen LogP contribution >= 0.6 is 11.6 Å². The molecule has 0 amide bonds. The van der Waals surface area contributed by atoms with Crippen LogP contribution in [0, 0.1) is 5.92 Å². The van der Waals surface area contributed by atoms with Crippen LogP contribution in [0.2, 0.25) is 5.02 Å². The molecule has 1 aromatic carbocycles. The van der Waals surface area contributed by atoms with E-state index in [0.717, 1.165) is 12.0 Å². The normalized spacial score (nSPS) is 15.7. The van der Waals surface area contributed by atoms with Crippen molar-refractivity contribution in [3.63, 3.8) is 0 Å². The Morgan fingerprint density at radius 2 is 2.00 bits per heavy atom. The zero-order chi connectivity index (χ0) is 15.7. The lowest BCUT2D eigenvalue weighted by Crippen LogP contribution is -2.36. The van der Waals surface area contributed by atoms with Crippen molar-refractivity contribution in [2.75, 3.05) is 13.2 Å². The van der Waals surface area contributed by atoms with Gasteiger partial charge in [0.05, 0.1) is 19.3 Å². The van der Waals surface area contributed by atoms with E-state index >= 15 is 0 Å². The SMILES string of the molecule is CCC(C)CC(C)NCC(O)COCc1ccccc1Cl. The first-order valence-electron chi connectivity index (χ1n) is 7.75. The van der Waals surface area contributed by atoms with Gasteiger partial charge in [-0.25, -0.2) is 0 Å². The molecule has 4 heteroatoms. The quantitative estimate of drug-likeness (QED) is 0.693. The average Bonchev–Trinajstić information content (AvgIpc) is 2.47. The summed E-state index contributed by atoms with van der Waals surface area (Å²) in [6.45, 7) is 7.91. The summed E-state index contributed by atoms with van der Waals surface area (Å²) >= 11 is 6.05. The Balaban J connectivity index is 2.17.